The summed E-state index contributed by atoms with van der Waals surface area (Å²) in [7, 11) is 0. The van der Waals surface area contributed by atoms with Crippen LogP contribution < -0.4 is 0 Å². The van der Waals surface area contributed by atoms with E-state index < -0.39 is 0 Å². The molecule has 0 radical (unpaired) electrons. The summed E-state index contributed by atoms with van der Waals surface area (Å²) in [4.78, 5) is 19.1. The lowest BCUT2D eigenvalue weighted by Crippen LogP contribution is -2.41. The van der Waals surface area contributed by atoms with Gasteiger partial charge in [-0.1, -0.05) is 18.2 Å². The number of likely N-dealkylation sites (tertiary alicyclic amines) is 1. The van der Waals surface area contributed by atoms with Gasteiger partial charge in [-0.15, -0.1) is 0 Å². The van der Waals surface area contributed by atoms with Gasteiger partial charge in [-0.3, -0.25) is 4.79 Å². The number of imidazole rings is 1. The fourth-order valence-corrected chi connectivity index (χ4v) is 3.89. The van der Waals surface area contributed by atoms with Crippen molar-refractivity contribution in [3.8, 4) is 0 Å². The number of hydrogen-bond acceptors (Lipinski definition) is 2. The van der Waals surface area contributed by atoms with Crippen molar-refractivity contribution in [3.63, 3.8) is 0 Å². The minimum absolute atomic E-state index is 0.250. The molecule has 1 aromatic carbocycles. The smallest absolute Gasteiger partial charge is 0.224 e. The van der Waals surface area contributed by atoms with Crippen molar-refractivity contribution >= 4 is 16.8 Å². The van der Waals surface area contributed by atoms with Gasteiger partial charge in [0.15, 0.2) is 0 Å². The lowest BCUT2D eigenvalue weighted by molar-refractivity contribution is -0.133. The van der Waals surface area contributed by atoms with E-state index in [1.807, 2.05) is 36.4 Å². The number of carbonyl (C=O) groups is 1. The van der Waals surface area contributed by atoms with Crippen molar-refractivity contribution in [1.82, 2.24) is 19.0 Å². The second-order valence-electron chi connectivity index (χ2n) is 6.84. The molecule has 1 aliphatic rings. The van der Waals surface area contributed by atoms with Gasteiger partial charge in [0.1, 0.15) is 5.82 Å². The number of benzene rings is 1. The van der Waals surface area contributed by atoms with E-state index in [0.717, 1.165) is 38.3 Å². The Hall–Kier alpha value is -2.56. The number of aromatic nitrogens is 3. The zero-order valence-electron chi connectivity index (χ0n) is 14.6. The summed E-state index contributed by atoms with van der Waals surface area (Å²) in [5.41, 5.74) is 1.20. The topological polar surface area (TPSA) is 43.1 Å². The molecule has 1 atom stereocenters. The van der Waals surface area contributed by atoms with Crippen LogP contribution in [0.15, 0.2) is 48.9 Å². The SMILES string of the molecule is Cc1nccn1[C@@H]1CCCN(C(=O)CCn2ccc3ccccc32)C1. The van der Waals surface area contributed by atoms with Gasteiger partial charge in [-0.25, -0.2) is 4.98 Å². The maximum absolute atomic E-state index is 12.7. The molecule has 1 aliphatic heterocycles. The number of carbonyl (C=O) groups excluding carboxylic acids is 1. The minimum Gasteiger partial charge on any atom is -0.347 e. The molecule has 25 heavy (non-hydrogen) atoms. The average Bonchev–Trinajstić information content (AvgIpc) is 3.26. The van der Waals surface area contributed by atoms with Crippen LogP contribution in [-0.2, 0) is 11.3 Å². The molecule has 4 rings (SSSR count). The molecule has 0 unspecified atom stereocenters. The molecule has 0 saturated carbocycles. The molecule has 1 fully saturated rings. The predicted molar refractivity (Wildman–Crippen MR) is 98.4 cm³/mol. The Balaban J connectivity index is 1.40. The number of piperidine rings is 1. The highest BCUT2D eigenvalue weighted by Crippen LogP contribution is 2.23. The number of fused-ring (bicyclic) bond motifs is 1. The Morgan fingerprint density at radius 3 is 2.96 bits per heavy atom. The first kappa shape index (κ1) is 15.9. The van der Waals surface area contributed by atoms with Crippen LogP contribution in [0.4, 0.5) is 0 Å². The zero-order valence-corrected chi connectivity index (χ0v) is 14.6. The van der Waals surface area contributed by atoms with E-state index in [1.165, 1.54) is 10.9 Å². The highest BCUT2D eigenvalue weighted by Gasteiger charge is 2.25. The molecule has 2 aromatic heterocycles. The number of nitrogens with zero attached hydrogens (tertiary/aromatic N) is 4. The lowest BCUT2D eigenvalue weighted by atomic mass is 10.0. The molecule has 130 valence electrons. The van der Waals surface area contributed by atoms with E-state index in [0.29, 0.717) is 12.5 Å². The minimum atomic E-state index is 0.250. The molecular formula is C20H24N4O. The number of aryl methyl sites for hydroxylation is 2. The fourth-order valence-electron chi connectivity index (χ4n) is 3.89. The van der Waals surface area contributed by atoms with Gasteiger partial charge >= 0.3 is 0 Å². The second-order valence-corrected chi connectivity index (χ2v) is 6.84. The van der Waals surface area contributed by atoms with Crippen LogP contribution in [0.1, 0.15) is 31.1 Å². The fraction of sp³-hybridized carbons (Fsp3) is 0.400. The van der Waals surface area contributed by atoms with Crippen LogP contribution in [0.2, 0.25) is 0 Å². The van der Waals surface area contributed by atoms with Gasteiger partial charge in [-0.2, -0.15) is 0 Å². The van der Waals surface area contributed by atoms with Crippen LogP contribution in [-0.4, -0.2) is 38.0 Å². The largest absolute Gasteiger partial charge is 0.347 e. The third kappa shape index (κ3) is 3.18. The third-order valence-electron chi connectivity index (χ3n) is 5.25. The van der Waals surface area contributed by atoms with Crippen LogP contribution in [0.3, 0.4) is 0 Å². The summed E-state index contributed by atoms with van der Waals surface area (Å²) in [6, 6.07) is 10.8. The molecular weight excluding hydrogens is 312 g/mol. The average molecular weight is 336 g/mol. The van der Waals surface area contributed by atoms with Gasteiger partial charge < -0.3 is 14.0 Å². The molecule has 1 saturated heterocycles. The number of hydrogen-bond donors (Lipinski definition) is 0. The molecule has 5 nitrogen and oxygen atoms in total. The third-order valence-corrected chi connectivity index (χ3v) is 5.25. The molecule has 0 N–H and O–H groups in total. The van der Waals surface area contributed by atoms with Crippen molar-refractivity contribution in [2.45, 2.75) is 38.8 Å². The monoisotopic (exact) mass is 336 g/mol. The Morgan fingerprint density at radius 2 is 2.12 bits per heavy atom. The quantitative estimate of drug-likeness (QED) is 0.733. The summed E-state index contributed by atoms with van der Waals surface area (Å²) in [5.74, 6) is 1.28. The van der Waals surface area contributed by atoms with Crippen molar-refractivity contribution in [2.75, 3.05) is 13.1 Å². The molecule has 3 heterocycles. The summed E-state index contributed by atoms with van der Waals surface area (Å²) >= 11 is 0. The van der Waals surface area contributed by atoms with Crippen LogP contribution in [0.5, 0.6) is 0 Å². The molecule has 3 aromatic rings. The van der Waals surface area contributed by atoms with Crippen LogP contribution in [0, 0.1) is 6.92 Å². The molecule has 0 aliphatic carbocycles. The van der Waals surface area contributed by atoms with Crippen molar-refractivity contribution in [3.05, 3.63) is 54.7 Å². The predicted octanol–water partition coefficient (Wildman–Crippen LogP) is 3.40. The highest BCUT2D eigenvalue weighted by atomic mass is 16.2. The summed E-state index contributed by atoms with van der Waals surface area (Å²) in [5, 5.41) is 1.23. The number of para-hydroxylation sites is 1. The Labute approximate surface area is 147 Å². The summed E-state index contributed by atoms with van der Waals surface area (Å²) in [6.45, 7) is 4.42. The van der Waals surface area contributed by atoms with E-state index in [-0.39, 0.29) is 5.91 Å². The summed E-state index contributed by atoms with van der Waals surface area (Å²) in [6.07, 6.45) is 8.66. The van der Waals surface area contributed by atoms with E-state index >= 15 is 0 Å². The first-order valence-corrected chi connectivity index (χ1v) is 9.03. The van der Waals surface area contributed by atoms with Gasteiger partial charge in [0.25, 0.3) is 0 Å². The Morgan fingerprint density at radius 1 is 1.24 bits per heavy atom. The van der Waals surface area contributed by atoms with E-state index in [4.69, 9.17) is 0 Å². The molecule has 5 heteroatoms. The van der Waals surface area contributed by atoms with Crippen molar-refractivity contribution in [1.29, 1.82) is 0 Å². The standard InChI is InChI=1S/C20H24N4O/c1-16-21-10-14-24(16)18-6-4-11-23(15-18)20(25)9-13-22-12-8-17-5-2-3-7-19(17)22/h2-3,5,7-8,10,12,14,18H,4,6,9,11,13,15H2,1H3/t18-/m1/s1. The van der Waals surface area contributed by atoms with E-state index in [2.05, 4.69) is 38.5 Å². The number of amides is 1. The summed E-state index contributed by atoms with van der Waals surface area (Å²) < 4.78 is 4.38. The van der Waals surface area contributed by atoms with Crippen LogP contribution in [0.25, 0.3) is 10.9 Å². The first-order valence-electron chi connectivity index (χ1n) is 9.03. The maximum atomic E-state index is 12.7. The lowest BCUT2D eigenvalue weighted by Gasteiger charge is -2.34. The highest BCUT2D eigenvalue weighted by molar-refractivity contribution is 5.80. The molecule has 0 bridgehead atoms. The Kier molecular flexibility index (Phi) is 4.30. The van der Waals surface area contributed by atoms with Crippen molar-refractivity contribution in [2.24, 2.45) is 0 Å². The zero-order chi connectivity index (χ0) is 17.2. The first-order chi connectivity index (χ1) is 12.2. The van der Waals surface area contributed by atoms with Gasteiger partial charge in [0, 0.05) is 50.2 Å². The normalized spacial score (nSPS) is 18.0. The van der Waals surface area contributed by atoms with E-state index in [1.54, 1.807) is 0 Å². The van der Waals surface area contributed by atoms with Gasteiger partial charge in [0.05, 0.1) is 6.04 Å². The van der Waals surface area contributed by atoms with Gasteiger partial charge in [-0.05, 0) is 37.3 Å². The second kappa shape index (κ2) is 6.75. The number of rotatable bonds is 4. The molecule has 1 amide bonds. The Bertz CT molecular complexity index is 879. The van der Waals surface area contributed by atoms with Gasteiger partial charge in [0.2, 0.25) is 5.91 Å². The van der Waals surface area contributed by atoms with Crippen molar-refractivity contribution < 1.29 is 4.79 Å². The van der Waals surface area contributed by atoms with E-state index in [9.17, 15) is 4.79 Å². The maximum Gasteiger partial charge on any atom is 0.224 e. The molecule has 0 spiro atoms. The van der Waals surface area contributed by atoms with Crippen LogP contribution >= 0.6 is 0 Å².